The highest BCUT2D eigenvalue weighted by Gasteiger charge is 2.29. The van der Waals surface area contributed by atoms with Crippen molar-refractivity contribution < 1.29 is 22.7 Å². The van der Waals surface area contributed by atoms with Crippen LogP contribution in [-0.2, 0) is 24.0 Å². The number of anilines is 1. The van der Waals surface area contributed by atoms with E-state index < -0.39 is 17.8 Å². The van der Waals surface area contributed by atoms with E-state index >= 15 is 0 Å². The maximum Gasteiger partial charge on any atom is 0.416 e. The largest absolute Gasteiger partial charge is 0.453 e. The van der Waals surface area contributed by atoms with E-state index in [2.05, 4.69) is 25.7 Å². The summed E-state index contributed by atoms with van der Waals surface area (Å²) < 4.78 is 42.4. The number of rotatable bonds is 6. The van der Waals surface area contributed by atoms with Crippen molar-refractivity contribution in [2.24, 2.45) is 4.99 Å². The zero-order valence-electron chi connectivity index (χ0n) is 16.1. The third kappa shape index (κ3) is 7.36. The van der Waals surface area contributed by atoms with Gasteiger partial charge in [-0.15, -0.1) is 0 Å². The van der Waals surface area contributed by atoms with Crippen LogP contribution in [0.2, 0.25) is 0 Å². The molecule has 6 nitrogen and oxygen atoms in total. The van der Waals surface area contributed by atoms with Gasteiger partial charge in [0.25, 0.3) is 0 Å². The van der Waals surface area contributed by atoms with Gasteiger partial charge in [0.1, 0.15) is 0 Å². The molecule has 0 fully saturated rings. The Morgan fingerprint density at radius 1 is 1.00 bits per heavy atom. The lowest BCUT2D eigenvalue weighted by molar-refractivity contribution is -0.137. The molecule has 29 heavy (non-hydrogen) atoms. The predicted octanol–water partition coefficient (Wildman–Crippen LogP) is 4.14. The van der Waals surface area contributed by atoms with Gasteiger partial charge in [-0.2, -0.15) is 13.2 Å². The summed E-state index contributed by atoms with van der Waals surface area (Å²) in [6.45, 7) is 3.29. The van der Waals surface area contributed by atoms with Gasteiger partial charge in [0.05, 0.1) is 19.2 Å². The summed E-state index contributed by atoms with van der Waals surface area (Å²) in [5.74, 6) is 0.546. The quantitative estimate of drug-likeness (QED) is 0.496. The second-order valence-corrected chi connectivity index (χ2v) is 6.06. The van der Waals surface area contributed by atoms with E-state index in [4.69, 9.17) is 0 Å². The number of carbonyl (C=O) groups is 1. The molecule has 2 aromatic carbocycles. The first-order valence-corrected chi connectivity index (χ1v) is 8.94. The molecule has 3 N–H and O–H groups in total. The van der Waals surface area contributed by atoms with E-state index in [0.29, 0.717) is 36.8 Å². The average molecular weight is 408 g/mol. The first-order chi connectivity index (χ1) is 13.8. The molecular weight excluding hydrogens is 385 g/mol. The lowest BCUT2D eigenvalue weighted by atomic mass is 10.1. The molecule has 0 saturated carbocycles. The van der Waals surface area contributed by atoms with Crippen LogP contribution in [0.25, 0.3) is 0 Å². The number of hydrogen-bond donors (Lipinski definition) is 3. The number of halogens is 3. The Bertz CT molecular complexity index is 819. The summed E-state index contributed by atoms with van der Waals surface area (Å²) in [6, 6.07) is 12.1. The minimum Gasteiger partial charge on any atom is -0.453 e. The van der Waals surface area contributed by atoms with Gasteiger partial charge in [0.2, 0.25) is 0 Å². The van der Waals surface area contributed by atoms with Crippen molar-refractivity contribution in [3.05, 3.63) is 65.2 Å². The number of methoxy groups -OCH3 is 1. The van der Waals surface area contributed by atoms with Gasteiger partial charge in [-0.25, -0.2) is 9.79 Å². The van der Waals surface area contributed by atoms with Crippen molar-refractivity contribution >= 4 is 17.7 Å². The molecule has 0 aliphatic heterocycles. The molecular formula is C20H23F3N4O2. The number of ether oxygens (including phenoxy) is 1. The Morgan fingerprint density at radius 2 is 1.62 bits per heavy atom. The molecule has 0 aliphatic carbocycles. The van der Waals surface area contributed by atoms with Gasteiger partial charge in [0.15, 0.2) is 5.96 Å². The molecule has 0 heterocycles. The summed E-state index contributed by atoms with van der Waals surface area (Å²) in [7, 11) is 1.29. The fraction of sp³-hybridized carbons (Fsp3) is 0.300. The van der Waals surface area contributed by atoms with Crippen LogP contribution in [0, 0.1) is 0 Å². The van der Waals surface area contributed by atoms with Gasteiger partial charge in [0, 0.05) is 18.8 Å². The predicted molar refractivity (Wildman–Crippen MR) is 106 cm³/mol. The van der Waals surface area contributed by atoms with Gasteiger partial charge >= 0.3 is 12.3 Å². The number of carbonyl (C=O) groups excluding carboxylic acids is 1. The molecule has 0 aromatic heterocycles. The van der Waals surface area contributed by atoms with Crippen LogP contribution in [0.15, 0.2) is 53.5 Å². The summed E-state index contributed by atoms with van der Waals surface area (Å²) >= 11 is 0. The molecule has 0 bridgehead atoms. The second-order valence-electron chi connectivity index (χ2n) is 6.06. The Morgan fingerprint density at radius 3 is 2.17 bits per heavy atom. The Labute approximate surface area is 167 Å². The minimum atomic E-state index is -4.34. The number of nitrogens with zero attached hydrogens (tertiary/aromatic N) is 1. The molecule has 0 saturated heterocycles. The van der Waals surface area contributed by atoms with Crippen LogP contribution in [0.3, 0.4) is 0 Å². The van der Waals surface area contributed by atoms with Gasteiger partial charge in [-0.05, 0) is 42.3 Å². The van der Waals surface area contributed by atoms with Crippen molar-refractivity contribution in [3.8, 4) is 0 Å². The van der Waals surface area contributed by atoms with Crippen LogP contribution in [0.1, 0.15) is 23.6 Å². The maximum absolute atomic E-state index is 12.6. The number of alkyl halides is 3. The van der Waals surface area contributed by atoms with Gasteiger partial charge < -0.3 is 15.4 Å². The Balaban J connectivity index is 1.94. The highest BCUT2D eigenvalue weighted by atomic mass is 19.4. The number of guanidine groups is 1. The molecule has 0 aliphatic rings. The number of nitrogens with one attached hydrogen (secondary N) is 3. The van der Waals surface area contributed by atoms with E-state index in [1.54, 1.807) is 12.1 Å². The third-order valence-electron chi connectivity index (χ3n) is 3.89. The van der Waals surface area contributed by atoms with Crippen LogP contribution < -0.4 is 16.0 Å². The Kier molecular flexibility index (Phi) is 7.88. The first kappa shape index (κ1) is 22.1. The van der Waals surface area contributed by atoms with Crippen LogP contribution in [0.5, 0.6) is 0 Å². The van der Waals surface area contributed by atoms with E-state index in [9.17, 15) is 18.0 Å². The summed E-state index contributed by atoms with van der Waals surface area (Å²) in [6.07, 6.45) is -4.89. The standard InChI is InChI=1S/C20H23F3N4O2/c1-3-24-18(25-12-14-4-8-16(9-5-14)20(21,22)23)26-13-15-6-10-17(11-7-15)27-19(28)29-2/h4-11H,3,12-13H2,1-2H3,(H,27,28)(H2,24,25,26). The maximum atomic E-state index is 12.6. The van der Waals surface area contributed by atoms with Crippen LogP contribution >= 0.6 is 0 Å². The normalized spacial score (nSPS) is 11.7. The molecule has 9 heteroatoms. The summed E-state index contributed by atoms with van der Waals surface area (Å²) in [5, 5.41) is 8.75. The van der Waals surface area contributed by atoms with E-state index in [1.807, 2.05) is 19.1 Å². The molecule has 2 aromatic rings. The smallest absolute Gasteiger partial charge is 0.416 e. The third-order valence-corrected chi connectivity index (χ3v) is 3.89. The molecule has 2 rings (SSSR count). The first-order valence-electron chi connectivity index (χ1n) is 8.94. The summed E-state index contributed by atoms with van der Waals surface area (Å²) in [4.78, 5) is 15.6. The van der Waals surface area contributed by atoms with Crippen LogP contribution in [0.4, 0.5) is 23.7 Å². The van der Waals surface area contributed by atoms with E-state index in [0.717, 1.165) is 17.7 Å². The Hall–Kier alpha value is -3.23. The number of aliphatic imine (C=N–C) groups is 1. The molecule has 156 valence electrons. The average Bonchev–Trinajstić information content (AvgIpc) is 2.70. The van der Waals surface area contributed by atoms with E-state index in [-0.39, 0.29) is 0 Å². The van der Waals surface area contributed by atoms with Crippen molar-refractivity contribution in [1.82, 2.24) is 10.6 Å². The zero-order chi connectivity index (χ0) is 21.3. The van der Waals surface area contributed by atoms with Crippen molar-refractivity contribution in [3.63, 3.8) is 0 Å². The highest BCUT2D eigenvalue weighted by molar-refractivity contribution is 5.84. The number of benzene rings is 2. The highest BCUT2D eigenvalue weighted by Crippen LogP contribution is 2.29. The monoisotopic (exact) mass is 408 g/mol. The molecule has 0 spiro atoms. The zero-order valence-corrected chi connectivity index (χ0v) is 16.1. The van der Waals surface area contributed by atoms with Crippen molar-refractivity contribution in [2.45, 2.75) is 26.2 Å². The topological polar surface area (TPSA) is 74.8 Å². The fourth-order valence-electron chi connectivity index (χ4n) is 2.37. The molecule has 0 unspecified atom stereocenters. The summed E-state index contributed by atoms with van der Waals surface area (Å²) in [5.41, 5.74) is 1.57. The SMILES string of the molecule is CCNC(=NCc1ccc(NC(=O)OC)cc1)NCc1ccc(C(F)(F)F)cc1. The number of hydrogen-bond acceptors (Lipinski definition) is 3. The van der Waals surface area contributed by atoms with E-state index in [1.165, 1.54) is 19.2 Å². The molecule has 1 amide bonds. The fourth-order valence-corrected chi connectivity index (χ4v) is 2.37. The van der Waals surface area contributed by atoms with Gasteiger partial charge in [-0.1, -0.05) is 24.3 Å². The minimum absolute atomic E-state index is 0.339. The lowest BCUT2D eigenvalue weighted by Crippen LogP contribution is -2.36. The van der Waals surface area contributed by atoms with Gasteiger partial charge in [-0.3, -0.25) is 5.32 Å². The molecule has 0 atom stereocenters. The van der Waals surface area contributed by atoms with Crippen LogP contribution in [-0.4, -0.2) is 25.7 Å². The second kappa shape index (κ2) is 10.4. The lowest BCUT2D eigenvalue weighted by Gasteiger charge is -2.12. The van der Waals surface area contributed by atoms with Crippen molar-refractivity contribution in [2.75, 3.05) is 19.0 Å². The number of amides is 1. The van der Waals surface area contributed by atoms with Crippen molar-refractivity contribution in [1.29, 1.82) is 0 Å². The molecule has 0 radical (unpaired) electrons.